The zero-order valence-corrected chi connectivity index (χ0v) is 13.6. The van der Waals surface area contributed by atoms with Gasteiger partial charge in [-0.25, -0.2) is 9.59 Å². The Balaban J connectivity index is 1.93. The van der Waals surface area contributed by atoms with E-state index in [4.69, 9.17) is 14.6 Å². The van der Waals surface area contributed by atoms with Crippen LogP contribution in [0.25, 0.3) is 0 Å². The van der Waals surface area contributed by atoms with E-state index >= 15 is 0 Å². The number of hydrogen-bond donors (Lipinski definition) is 1. The standard InChI is InChI=1S/C15H10BrNO7/c16-12-7-9(15(19)20)1-6-13(12)24-14(18)8-23-11-4-2-10(3-5-11)17(21)22/h1-7H,8H2,(H,19,20). The molecule has 0 heterocycles. The van der Waals surface area contributed by atoms with Gasteiger partial charge in [0.05, 0.1) is 15.0 Å². The van der Waals surface area contributed by atoms with E-state index in [1.54, 1.807) is 0 Å². The number of nitrogens with zero attached hydrogens (tertiary/aromatic N) is 1. The highest BCUT2D eigenvalue weighted by Crippen LogP contribution is 2.26. The fraction of sp³-hybridized carbons (Fsp3) is 0.0667. The van der Waals surface area contributed by atoms with Crippen LogP contribution in [0.4, 0.5) is 5.69 Å². The number of carbonyl (C=O) groups excluding carboxylic acids is 1. The van der Waals surface area contributed by atoms with Crippen molar-refractivity contribution in [1.82, 2.24) is 0 Å². The molecule has 0 bridgehead atoms. The molecule has 8 nitrogen and oxygen atoms in total. The quantitative estimate of drug-likeness (QED) is 0.345. The molecule has 0 fully saturated rings. The second-order valence-electron chi connectivity index (χ2n) is 4.46. The Kier molecular flexibility index (Phi) is 5.48. The van der Waals surface area contributed by atoms with E-state index in [0.717, 1.165) is 0 Å². The van der Waals surface area contributed by atoms with Gasteiger partial charge in [-0.1, -0.05) is 0 Å². The lowest BCUT2D eigenvalue weighted by molar-refractivity contribution is -0.384. The van der Waals surface area contributed by atoms with Crippen molar-refractivity contribution >= 4 is 33.6 Å². The van der Waals surface area contributed by atoms with Gasteiger partial charge in [-0.2, -0.15) is 0 Å². The molecule has 0 spiro atoms. The molecule has 2 aromatic rings. The molecular weight excluding hydrogens is 386 g/mol. The average molecular weight is 396 g/mol. The number of benzene rings is 2. The zero-order chi connectivity index (χ0) is 17.7. The van der Waals surface area contributed by atoms with Crippen LogP contribution >= 0.6 is 15.9 Å². The van der Waals surface area contributed by atoms with Gasteiger partial charge in [0.25, 0.3) is 5.69 Å². The summed E-state index contributed by atoms with van der Waals surface area (Å²) < 4.78 is 10.5. The Morgan fingerprint density at radius 2 is 1.83 bits per heavy atom. The minimum Gasteiger partial charge on any atom is -0.482 e. The lowest BCUT2D eigenvalue weighted by Gasteiger charge is -2.08. The van der Waals surface area contributed by atoms with E-state index in [-0.39, 0.29) is 22.7 Å². The summed E-state index contributed by atoms with van der Waals surface area (Å²) in [6.07, 6.45) is 0. The summed E-state index contributed by atoms with van der Waals surface area (Å²) in [5, 5.41) is 19.4. The Labute approximate surface area is 143 Å². The third kappa shape index (κ3) is 4.53. The third-order valence-electron chi connectivity index (χ3n) is 2.81. The number of ether oxygens (including phenoxy) is 2. The molecule has 0 unspecified atom stereocenters. The monoisotopic (exact) mass is 395 g/mol. The predicted molar refractivity (Wildman–Crippen MR) is 85.3 cm³/mol. The highest BCUT2D eigenvalue weighted by atomic mass is 79.9. The van der Waals surface area contributed by atoms with E-state index in [2.05, 4.69) is 15.9 Å². The van der Waals surface area contributed by atoms with E-state index in [1.165, 1.54) is 42.5 Å². The SMILES string of the molecule is O=C(COc1ccc([N+](=O)[O-])cc1)Oc1ccc(C(=O)O)cc1Br. The number of hydrogen-bond acceptors (Lipinski definition) is 6. The van der Waals surface area contributed by atoms with Crippen LogP contribution in [0, 0.1) is 10.1 Å². The number of halogens is 1. The van der Waals surface area contributed by atoms with E-state index in [0.29, 0.717) is 4.47 Å². The lowest BCUT2D eigenvalue weighted by atomic mass is 10.2. The van der Waals surface area contributed by atoms with Crippen molar-refractivity contribution in [1.29, 1.82) is 0 Å². The van der Waals surface area contributed by atoms with E-state index < -0.39 is 23.5 Å². The van der Waals surface area contributed by atoms with Gasteiger partial charge < -0.3 is 14.6 Å². The Hall–Kier alpha value is -2.94. The summed E-state index contributed by atoms with van der Waals surface area (Å²) in [5.74, 6) is -1.39. The molecule has 24 heavy (non-hydrogen) atoms. The topological polar surface area (TPSA) is 116 Å². The molecule has 0 aromatic heterocycles. The minimum atomic E-state index is -1.10. The Bertz CT molecular complexity index is 789. The van der Waals surface area contributed by atoms with Crippen LogP contribution in [0.15, 0.2) is 46.9 Å². The minimum absolute atomic E-state index is 0.0452. The van der Waals surface area contributed by atoms with Crippen molar-refractivity contribution < 1.29 is 29.1 Å². The first-order valence-electron chi connectivity index (χ1n) is 6.47. The van der Waals surface area contributed by atoms with Crippen molar-refractivity contribution in [3.05, 3.63) is 62.6 Å². The largest absolute Gasteiger partial charge is 0.482 e. The molecule has 2 aromatic carbocycles. The lowest BCUT2D eigenvalue weighted by Crippen LogP contribution is -2.18. The maximum absolute atomic E-state index is 11.7. The third-order valence-corrected chi connectivity index (χ3v) is 3.43. The maximum atomic E-state index is 11.7. The summed E-state index contributed by atoms with van der Waals surface area (Å²) in [6, 6.07) is 9.18. The number of carbonyl (C=O) groups is 2. The Morgan fingerprint density at radius 1 is 1.17 bits per heavy atom. The van der Waals surface area contributed by atoms with Crippen LogP contribution in [-0.4, -0.2) is 28.6 Å². The van der Waals surface area contributed by atoms with Gasteiger partial charge in [0.1, 0.15) is 11.5 Å². The molecule has 9 heteroatoms. The molecular formula is C15H10BrNO7. The summed E-state index contributed by atoms with van der Waals surface area (Å²) >= 11 is 3.12. The molecule has 1 N–H and O–H groups in total. The number of aromatic carboxylic acids is 1. The number of esters is 1. The molecule has 0 amide bonds. The van der Waals surface area contributed by atoms with Gasteiger partial charge in [-0.15, -0.1) is 0 Å². The van der Waals surface area contributed by atoms with Crippen molar-refractivity contribution in [2.45, 2.75) is 0 Å². The summed E-state index contributed by atoms with van der Waals surface area (Å²) in [4.78, 5) is 32.5. The van der Waals surface area contributed by atoms with Gasteiger partial charge >= 0.3 is 11.9 Å². The van der Waals surface area contributed by atoms with Crippen LogP contribution < -0.4 is 9.47 Å². The summed E-state index contributed by atoms with van der Waals surface area (Å²) in [6.45, 7) is -0.412. The van der Waals surface area contributed by atoms with Crippen molar-refractivity contribution in [3.8, 4) is 11.5 Å². The van der Waals surface area contributed by atoms with Crippen LogP contribution in [0.2, 0.25) is 0 Å². The number of non-ortho nitro benzene ring substituents is 1. The van der Waals surface area contributed by atoms with E-state index in [1.807, 2.05) is 0 Å². The number of nitro benzene ring substituents is 1. The number of nitro groups is 1. The molecule has 0 saturated carbocycles. The molecule has 2 rings (SSSR count). The van der Waals surface area contributed by atoms with Crippen LogP contribution in [0.5, 0.6) is 11.5 Å². The highest BCUT2D eigenvalue weighted by molar-refractivity contribution is 9.10. The van der Waals surface area contributed by atoms with Gasteiger partial charge in [-0.05, 0) is 46.3 Å². The molecule has 124 valence electrons. The average Bonchev–Trinajstić information content (AvgIpc) is 2.55. The number of rotatable bonds is 6. The zero-order valence-electron chi connectivity index (χ0n) is 12.0. The van der Waals surface area contributed by atoms with Crippen molar-refractivity contribution in [2.24, 2.45) is 0 Å². The van der Waals surface area contributed by atoms with Gasteiger partial charge in [0.15, 0.2) is 6.61 Å². The molecule has 0 aliphatic heterocycles. The van der Waals surface area contributed by atoms with Gasteiger partial charge in [0.2, 0.25) is 0 Å². The number of carboxylic acids is 1. The first kappa shape index (κ1) is 17.4. The molecule has 0 aliphatic rings. The first-order valence-corrected chi connectivity index (χ1v) is 7.27. The summed E-state index contributed by atoms with van der Waals surface area (Å²) in [5.41, 5.74) is -0.0452. The fourth-order valence-corrected chi connectivity index (χ4v) is 2.13. The molecule has 0 saturated heterocycles. The molecule has 0 atom stereocenters. The second-order valence-corrected chi connectivity index (χ2v) is 5.32. The van der Waals surface area contributed by atoms with Crippen molar-refractivity contribution in [2.75, 3.05) is 6.61 Å². The van der Waals surface area contributed by atoms with Crippen LogP contribution in [0.3, 0.4) is 0 Å². The number of carboxylic acid groups (broad SMARTS) is 1. The maximum Gasteiger partial charge on any atom is 0.349 e. The summed E-state index contributed by atoms with van der Waals surface area (Å²) in [7, 11) is 0. The normalized spacial score (nSPS) is 10.0. The predicted octanol–water partition coefficient (Wildman–Crippen LogP) is 3.04. The van der Waals surface area contributed by atoms with Crippen LogP contribution in [-0.2, 0) is 4.79 Å². The molecule has 0 radical (unpaired) electrons. The second kappa shape index (κ2) is 7.55. The van der Waals surface area contributed by atoms with Crippen molar-refractivity contribution in [3.63, 3.8) is 0 Å². The van der Waals surface area contributed by atoms with Gasteiger partial charge in [0, 0.05) is 12.1 Å². The fourth-order valence-electron chi connectivity index (χ4n) is 1.68. The highest BCUT2D eigenvalue weighted by Gasteiger charge is 2.12. The first-order chi connectivity index (χ1) is 11.4. The van der Waals surface area contributed by atoms with Gasteiger partial charge in [-0.3, -0.25) is 10.1 Å². The van der Waals surface area contributed by atoms with Crippen LogP contribution in [0.1, 0.15) is 10.4 Å². The Morgan fingerprint density at radius 3 is 2.38 bits per heavy atom. The smallest absolute Gasteiger partial charge is 0.349 e. The molecule has 0 aliphatic carbocycles. The van der Waals surface area contributed by atoms with E-state index in [9.17, 15) is 19.7 Å².